The molecule has 25 heavy (non-hydrogen) atoms. The Balaban J connectivity index is 1.67. The van der Waals surface area contributed by atoms with Gasteiger partial charge in [-0.05, 0) is 60.7 Å². The summed E-state index contributed by atoms with van der Waals surface area (Å²) in [6.07, 6.45) is 0. The maximum Gasteiger partial charge on any atom is 0.258 e. The summed E-state index contributed by atoms with van der Waals surface area (Å²) < 4.78 is 19.3. The molecule has 0 aliphatic carbocycles. The largest absolute Gasteiger partial charge is 0.457 e. The third-order valence-electron chi connectivity index (χ3n) is 3.45. The smallest absolute Gasteiger partial charge is 0.258 e. The summed E-state index contributed by atoms with van der Waals surface area (Å²) in [4.78, 5) is 12.1. The number of benzene rings is 3. The van der Waals surface area contributed by atoms with E-state index in [-0.39, 0.29) is 5.56 Å². The van der Waals surface area contributed by atoms with Crippen LogP contribution >= 0.6 is 0 Å². The maximum absolute atomic E-state index is 13.6. The molecule has 0 bridgehead atoms. The second-order valence-corrected chi connectivity index (χ2v) is 5.20. The molecule has 3 aromatic rings. The highest BCUT2D eigenvalue weighted by molar-refractivity contribution is 6.04. The summed E-state index contributed by atoms with van der Waals surface area (Å²) in [6.45, 7) is 0. The van der Waals surface area contributed by atoms with E-state index in [4.69, 9.17) is 10.00 Å². The van der Waals surface area contributed by atoms with Crippen molar-refractivity contribution in [3.8, 4) is 17.6 Å². The highest BCUT2D eigenvalue weighted by Gasteiger charge is 2.10. The van der Waals surface area contributed by atoms with E-state index in [1.54, 1.807) is 54.6 Å². The van der Waals surface area contributed by atoms with Gasteiger partial charge in [-0.2, -0.15) is 5.26 Å². The van der Waals surface area contributed by atoms with Gasteiger partial charge in [-0.3, -0.25) is 4.79 Å². The second-order valence-electron chi connectivity index (χ2n) is 5.20. The Labute approximate surface area is 144 Å². The average molecular weight is 332 g/mol. The molecule has 0 fully saturated rings. The lowest BCUT2D eigenvalue weighted by Gasteiger charge is -2.08. The number of carbonyl (C=O) groups excluding carboxylic acids is 1. The van der Waals surface area contributed by atoms with E-state index >= 15 is 0 Å². The first-order chi connectivity index (χ1) is 12.2. The van der Waals surface area contributed by atoms with Crippen molar-refractivity contribution in [1.82, 2.24) is 0 Å². The fraction of sp³-hybridized carbons (Fsp3) is 0. The molecule has 4 nitrogen and oxygen atoms in total. The molecule has 0 unspecified atom stereocenters. The molecule has 1 amide bonds. The van der Waals surface area contributed by atoms with Crippen molar-refractivity contribution in [3.05, 3.63) is 89.7 Å². The van der Waals surface area contributed by atoms with Gasteiger partial charge in [0.25, 0.3) is 5.91 Å². The van der Waals surface area contributed by atoms with Gasteiger partial charge in [-0.1, -0.05) is 12.1 Å². The summed E-state index contributed by atoms with van der Waals surface area (Å²) >= 11 is 0. The number of amides is 1. The van der Waals surface area contributed by atoms with Crippen molar-refractivity contribution < 1.29 is 13.9 Å². The van der Waals surface area contributed by atoms with E-state index in [1.807, 2.05) is 6.07 Å². The van der Waals surface area contributed by atoms with Gasteiger partial charge in [0.15, 0.2) is 0 Å². The average Bonchev–Trinajstić information content (AvgIpc) is 2.64. The number of nitrogens with zero attached hydrogens (tertiary/aromatic N) is 1. The van der Waals surface area contributed by atoms with Crippen molar-refractivity contribution >= 4 is 11.6 Å². The van der Waals surface area contributed by atoms with Crippen LogP contribution in [0.1, 0.15) is 15.9 Å². The van der Waals surface area contributed by atoms with Crippen molar-refractivity contribution in [3.63, 3.8) is 0 Å². The fourth-order valence-corrected chi connectivity index (χ4v) is 2.18. The Morgan fingerprint density at radius 1 is 0.920 bits per heavy atom. The Kier molecular flexibility index (Phi) is 4.72. The molecule has 0 atom stereocenters. The molecule has 0 aromatic heterocycles. The first-order valence-electron chi connectivity index (χ1n) is 7.50. The minimum Gasteiger partial charge on any atom is -0.457 e. The van der Waals surface area contributed by atoms with E-state index in [2.05, 4.69) is 5.32 Å². The van der Waals surface area contributed by atoms with Gasteiger partial charge < -0.3 is 10.1 Å². The number of anilines is 1. The zero-order valence-corrected chi connectivity index (χ0v) is 13.1. The van der Waals surface area contributed by atoms with Gasteiger partial charge in [-0.25, -0.2) is 4.39 Å². The van der Waals surface area contributed by atoms with E-state index in [9.17, 15) is 9.18 Å². The van der Waals surface area contributed by atoms with E-state index in [0.717, 1.165) is 0 Å². The lowest BCUT2D eigenvalue weighted by atomic mass is 10.2. The molecule has 1 N–H and O–H groups in total. The molecule has 0 aliphatic heterocycles. The number of rotatable bonds is 4. The quantitative estimate of drug-likeness (QED) is 0.750. The van der Waals surface area contributed by atoms with E-state index in [1.165, 1.54) is 18.2 Å². The molecule has 0 spiro atoms. The first-order valence-corrected chi connectivity index (χ1v) is 7.50. The topological polar surface area (TPSA) is 62.1 Å². The van der Waals surface area contributed by atoms with Crippen LogP contribution in [0.3, 0.4) is 0 Å². The minimum absolute atomic E-state index is 0.0135. The number of nitriles is 1. The lowest BCUT2D eigenvalue weighted by molar-refractivity contribution is 0.102. The van der Waals surface area contributed by atoms with Gasteiger partial charge in [0, 0.05) is 5.69 Å². The molecule has 3 rings (SSSR count). The van der Waals surface area contributed by atoms with Crippen LogP contribution in [0.25, 0.3) is 0 Å². The molecule has 5 heteroatoms. The number of ether oxygens (including phenoxy) is 1. The third-order valence-corrected chi connectivity index (χ3v) is 3.45. The van der Waals surface area contributed by atoms with Crippen LogP contribution in [-0.2, 0) is 0 Å². The fourth-order valence-electron chi connectivity index (χ4n) is 2.18. The Bertz CT molecular complexity index is 929. The van der Waals surface area contributed by atoms with Crippen LogP contribution in [0.15, 0.2) is 72.8 Å². The van der Waals surface area contributed by atoms with Crippen LogP contribution in [0, 0.1) is 17.1 Å². The molecule has 0 saturated carbocycles. The first kappa shape index (κ1) is 16.2. The molecule has 0 saturated heterocycles. The summed E-state index contributed by atoms with van der Waals surface area (Å²) in [6, 6.07) is 21.3. The van der Waals surface area contributed by atoms with Crippen molar-refractivity contribution in [2.75, 3.05) is 5.32 Å². The molecule has 0 heterocycles. The normalized spacial score (nSPS) is 9.92. The van der Waals surface area contributed by atoms with Gasteiger partial charge in [0.1, 0.15) is 17.3 Å². The SMILES string of the molecule is N#Cc1ccc(Oc2ccc(NC(=O)c3ccccc3F)cc2)cc1. The Morgan fingerprint density at radius 2 is 1.52 bits per heavy atom. The van der Waals surface area contributed by atoms with E-state index < -0.39 is 11.7 Å². The zero-order chi connectivity index (χ0) is 17.6. The van der Waals surface area contributed by atoms with Gasteiger partial charge in [-0.15, -0.1) is 0 Å². The minimum atomic E-state index is -0.569. The molecule has 0 radical (unpaired) electrons. The monoisotopic (exact) mass is 332 g/mol. The Morgan fingerprint density at radius 3 is 2.12 bits per heavy atom. The summed E-state index contributed by atoms with van der Waals surface area (Å²) in [7, 11) is 0. The maximum atomic E-state index is 13.6. The summed E-state index contributed by atoms with van der Waals surface area (Å²) in [5.41, 5.74) is 1.07. The molecular weight excluding hydrogens is 319 g/mol. The molecular formula is C20H13FN2O2. The van der Waals surface area contributed by atoms with Crippen molar-refractivity contribution in [1.29, 1.82) is 5.26 Å². The van der Waals surface area contributed by atoms with Gasteiger partial charge >= 0.3 is 0 Å². The number of hydrogen-bond donors (Lipinski definition) is 1. The lowest BCUT2D eigenvalue weighted by Crippen LogP contribution is -2.13. The predicted octanol–water partition coefficient (Wildman–Crippen LogP) is 4.74. The number of nitrogens with one attached hydrogen (secondary N) is 1. The van der Waals surface area contributed by atoms with Gasteiger partial charge in [0.05, 0.1) is 17.2 Å². The van der Waals surface area contributed by atoms with Crippen LogP contribution in [0.2, 0.25) is 0 Å². The predicted molar refractivity (Wildman–Crippen MR) is 92.0 cm³/mol. The third kappa shape index (κ3) is 4.01. The van der Waals surface area contributed by atoms with Crippen molar-refractivity contribution in [2.24, 2.45) is 0 Å². The molecule has 122 valence electrons. The van der Waals surface area contributed by atoms with Crippen molar-refractivity contribution in [2.45, 2.75) is 0 Å². The highest BCUT2D eigenvalue weighted by Crippen LogP contribution is 2.23. The molecule has 3 aromatic carbocycles. The standard InChI is InChI=1S/C20H13FN2O2/c21-19-4-2-1-3-18(19)20(24)23-15-7-11-17(12-8-15)25-16-9-5-14(13-22)6-10-16/h1-12H,(H,23,24). The van der Waals surface area contributed by atoms with E-state index in [0.29, 0.717) is 22.7 Å². The highest BCUT2D eigenvalue weighted by atomic mass is 19.1. The Hall–Kier alpha value is -3.65. The number of carbonyl (C=O) groups is 1. The van der Waals surface area contributed by atoms with Crippen LogP contribution < -0.4 is 10.1 Å². The van der Waals surface area contributed by atoms with Crippen LogP contribution in [0.5, 0.6) is 11.5 Å². The number of hydrogen-bond acceptors (Lipinski definition) is 3. The summed E-state index contributed by atoms with van der Waals surface area (Å²) in [5.74, 6) is 0.0929. The van der Waals surface area contributed by atoms with Gasteiger partial charge in [0.2, 0.25) is 0 Å². The summed E-state index contributed by atoms with van der Waals surface area (Å²) in [5, 5.41) is 11.4. The van der Waals surface area contributed by atoms with Crippen LogP contribution in [0.4, 0.5) is 10.1 Å². The number of halogens is 1. The second kappa shape index (κ2) is 7.28. The van der Waals surface area contributed by atoms with Crippen LogP contribution in [-0.4, -0.2) is 5.91 Å². The zero-order valence-electron chi connectivity index (χ0n) is 13.1. The molecule has 0 aliphatic rings.